The molecule has 0 radical (unpaired) electrons. The van der Waals surface area contributed by atoms with Gasteiger partial charge in [-0.25, -0.2) is 9.78 Å². The molecule has 1 aromatic heterocycles. The second-order valence-electron chi connectivity index (χ2n) is 3.63. The van der Waals surface area contributed by atoms with Gasteiger partial charge in [0.25, 0.3) is 5.91 Å². The number of carbonyl (C=O) groups excluding carboxylic acids is 2. The molecule has 7 nitrogen and oxygen atoms in total. The number of nitrogens with two attached hydrogens (primary N) is 1. The fourth-order valence-electron chi connectivity index (χ4n) is 1.29. The van der Waals surface area contributed by atoms with Gasteiger partial charge in [0.05, 0.1) is 5.51 Å². The van der Waals surface area contributed by atoms with Crippen molar-refractivity contribution >= 4 is 29.1 Å². The number of nitrogens with zero attached hydrogens (tertiary/aromatic N) is 1. The number of hydrogen-bond donors (Lipinski definition) is 3. The van der Waals surface area contributed by atoms with Gasteiger partial charge >= 0.3 is 5.97 Å². The average molecular weight is 271 g/mol. The molecule has 0 aromatic carbocycles. The lowest BCUT2D eigenvalue weighted by molar-refractivity contribution is -0.139. The van der Waals surface area contributed by atoms with Gasteiger partial charge in [0.2, 0.25) is 5.91 Å². The SMILES string of the molecule is Cc1scnc1C(=O)N[C@@H](CCC(N)=O)C(=O)O. The van der Waals surface area contributed by atoms with Crippen molar-refractivity contribution in [1.29, 1.82) is 0 Å². The Kier molecular flexibility index (Phi) is 4.78. The monoisotopic (exact) mass is 271 g/mol. The molecule has 0 fully saturated rings. The summed E-state index contributed by atoms with van der Waals surface area (Å²) >= 11 is 1.29. The number of hydrogen-bond acceptors (Lipinski definition) is 5. The summed E-state index contributed by atoms with van der Waals surface area (Å²) in [4.78, 5) is 37.8. The molecular formula is C10H13N3O4S. The van der Waals surface area contributed by atoms with E-state index in [0.29, 0.717) is 4.88 Å². The van der Waals surface area contributed by atoms with Crippen LogP contribution in [0.4, 0.5) is 0 Å². The third-order valence-corrected chi connectivity index (χ3v) is 3.00. The predicted molar refractivity (Wildman–Crippen MR) is 64.2 cm³/mol. The zero-order valence-corrected chi connectivity index (χ0v) is 10.5. The van der Waals surface area contributed by atoms with Crippen molar-refractivity contribution in [3.8, 4) is 0 Å². The number of primary amides is 1. The molecule has 0 saturated heterocycles. The molecule has 1 heterocycles. The minimum absolute atomic E-state index is 0.0421. The van der Waals surface area contributed by atoms with Crippen molar-refractivity contribution in [2.45, 2.75) is 25.8 Å². The largest absolute Gasteiger partial charge is 0.480 e. The number of aliphatic carboxylic acids is 1. The van der Waals surface area contributed by atoms with Crippen molar-refractivity contribution in [3.63, 3.8) is 0 Å². The third kappa shape index (κ3) is 3.81. The van der Waals surface area contributed by atoms with E-state index in [1.807, 2.05) is 0 Å². The Morgan fingerprint density at radius 2 is 2.22 bits per heavy atom. The highest BCUT2D eigenvalue weighted by atomic mass is 32.1. The van der Waals surface area contributed by atoms with Gasteiger partial charge in [0, 0.05) is 11.3 Å². The summed E-state index contributed by atoms with van der Waals surface area (Å²) in [7, 11) is 0. The van der Waals surface area contributed by atoms with Crippen LogP contribution >= 0.6 is 11.3 Å². The van der Waals surface area contributed by atoms with Gasteiger partial charge in [-0.1, -0.05) is 0 Å². The predicted octanol–water partition coefficient (Wildman–Crippen LogP) is -0.1000. The van der Waals surface area contributed by atoms with Crippen LogP contribution in [0.3, 0.4) is 0 Å². The zero-order valence-electron chi connectivity index (χ0n) is 9.67. The highest BCUT2D eigenvalue weighted by Gasteiger charge is 2.22. The number of carbonyl (C=O) groups is 3. The summed E-state index contributed by atoms with van der Waals surface area (Å²) in [5.74, 6) is -2.39. The number of nitrogens with one attached hydrogen (secondary N) is 1. The van der Waals surface area contributed by atoms with Gasteiger partial charge in [-0.2, -0.15) is 0 Å². The average Bonchev–Trinajstić information content (AvgIpc) is 2.69. The van der Waals surface area contributed by atoms with Gasteiger partial charge in [0.15, 0.2) is 0 Å². The smallest absolute Gasteiger partial charge is 0.326 e. The Hall–Kier alpha value is -1.96. The Bertz CT molecular complexity index is 471. The summed E-state index contributed by atoms with van der Waals surface area (Å²) in [5, 5.41) is 11.2. The molecule has 0 saturated carbocycles. The van der Waals surface area contributed by atoms with E-state index in [4.69, 9.17) is 10.8 Å². The maximum absolute atomic E-state index is 11.7. The zero-order chi connectivity index (χ0) is 13.7. The maximum atomic E-state index is 11.7. The van der Waals surface area contributed by atoms with Crippen molar-refractivity contribution in [3.05, 3.63) is 16.1 Å². The molecule has 0 bridgehead atoms. The number of aryl methyl sites for hydroxylation is 1. The molecular weight excluding hydrogens is 258 g/mol. The Labute approximate surface area is 107 Å². The Morgan fingerprint density at radius 3 is 2.67 bits per heavy atom. The molecule has 0 spiro atoms. The molecule has 0 aliphatic rings. The van der Waals surface area contributed by atoms with E-state index in [1.165, 1.54) is 16.8 Å². The quantitative estimate of drug-likeness (QED) is 0.666. The molecule has 0 unspecified atom stereocenters. The van der Waals surface area contributed by atoms with E-state index in [-0.39, 0.29) is 18.5 Å². The van der Waals surface area contributed by atoms with Crippen LogP contribution in [0.5, 0.6) is 0 Å². The van der Waals surface area contributed by atoms with Crippen LogP contribution in [-0.2, 0) is 9.59 Å². The fraction of sp³-hybridized carbons (Fsp3) is 0.400. The minimum atomic E-state index is -1.21. The molecule has 0 aliphatic heterocycles. The highest BCUT2D eigenvalue weighted by molar-refractivity contribution is 7.09. The molecule has 2 amide bonds. The standard InChI is InChI=1S/C10H13N3O4S/c1-5-8(12-4-18-5)9(15)13-6(10(16)17)2-3-7(11)14/h4,6H,2-3H2,1H3,(H2,11,14)(H,13,15)(H,16,17)/t6-/m0/s1. The van der Waals surface area contributed by atoms with Gasteiger partial charge in [-0.15, -0.1) is 11.3 Å². The number of rotatable bonds is 6. The van der Waals surface area contributed by atoms with Gasteiger partial charge in [-0.05, 0) is 13.3 Å². The van der Waals surface area contributed by atoms with Crippen molar-refractivity contribution in [2.24, 2.45) is 5.73 Å². The molecule has 4 N–H and O–H groups in total. The van der Waals surface area contributed by atoms with Crippen molar-refractivity contribution in [1.82, 2.24) is 10.3 Å². The van der Waals surface area contributed by atoms with E-state index in [1.54, 1.807) is 6.92 Å². The maximum Gasteiger partial charge on any atom is 0.326 e. The first-order valence-corrected chi connectivity index (χ1v) is 6.02. The second kappa shape index (κ2) is 6.10. The van der Waals surface area contributed by atoms with Crippen LogP contribution in [0.25, 0.3) is 0 Å². The minimum Gasteiger partial charge on any atom is -0.480 e. The number of carboxylic acids is 1. The van der Waals surface area contributed by atoms with Crippen molar-refractivity contribution < 1.29 is 19.5 Å². The fourth-order valence-corrected chi connectivity index (χ4v) is 1.87. The highest BCUT2D eigenvalue weighted by Crippen LogP contribution is 2.11. The molecule has 98 valence electrons. The van der Waals surface area contributed by atoms with E-state index >= 15 is 0 Å². The van der Waals surface area contributed by atoms with Crippen LogP contribution < -0.4 is 11.1 Å². The van der Waals surface area contributed by atoms with Gasteiger partial charge < -0.3 is 16.2 Å². The summed E-state index contributed by atoms with van der Waals surface area (Å²) in [6, 6.07) is -1.15. The summed E-state index contributed by atoms with van der Waals surface area (Å²) < 4.78 is 0. The van der Waals surface area contributed by atoms with Crippen LogP contribution in [0.2, 0.25) is 0 Å². The van der Waals surface area contributed by atoms with Crippen molar-refractivity contribution in [2.75, 3.05) is 0 Å². The summed E-state index contributed by atoms with van der Waals surface area (Å²) in [5.41, 5.74) is 6.64. The lowest BCUT2D eigenvalue weighted by atomic mass is 10.1. The summed E-state index contributed by atoms with van der Waals surface area (Å²) in [6.07, 6.45) is -0.146. The first kappa shape index (κ1) is 14.1. The molecule has 1 aromatic rings. The Morgan fingerprint density at radius 1 is 1.56 bits per heavy atom. The molecule has 8 heteroatoms. The van der Waals surface area contributed by atoms with E-state index in [0.717, 1.165) is 0 Å². The molecule has 18 heavy (non-hydrogen) atoms. The lowest BCUT2D eigenvalue weighted by Crippen LogP contribution is -2.41. The van der Waals surface area contributed by atoms with E-state index < -0.39 is 23.8 Å². The van der Waals surface area contributed by atoms with E-state index in [9.17, 15) is 14.4 Å². The second-order valence-corrected chi connectivity index (χ2v) is 4.69. The first-order chi connectivity index (χ1) is 8.41. The normalized spacial score (nSPS) is 11.8. The molecule has 1 rings (SSSR count). The van der Waals surface area contributed by atoms with Crippen LogP contribution in [0.1, 0.15) is 28.2 Å². The van der Waals surface area contributed by atoms with E-state index in [2.05, 4.69) is 10.3 Å². The topological polar surface area (TPSA) is 122 Å². The summed E-state index contributed by atoms with van der Waals surface area (Å²) in [6.45, 7) is 1.71. The van der Waals surface area contributed by atoms with Gasteiger partial charge in [0.1, 0.15) is 11.7 Å². The van der Waals surface area contributed by atoms with Crippen LogP contribution in [-0.4, -0.2) is 33.9 Å². The third-order valence-electron chi connectivity index (χ3n) is 2.24. The first-order valence-electron chi connectivity index (χ1n) is 5.14. The Balaban J connectivity index is 2.67. The number of thiazole rings is 1. The van der Waals surface area contributed by atoms with Crippen LogP contribution in [0, 0.1) is 6.92 Å². The number of carboxylic acid groups (broad SMARTS) is 1. The number of amides is 2. The lowest BCUT2D eigenvalue weighted by Gasteiger charge is -2.12. The number of aromatic nitrogens is 1. The van der Waals surface area contributed by atoms with Crippen LogP contribution in [0.15, 0.2) is 5.51 Å². The molecule has 1 atom stereocenters. The molecule has 0 aliphatic carbocycles. The van der Waals surface area contributed by atoms with Gasteiger partial charge in [-0.3, -0.25) is 9.59 Å².